The van der Waals surface area contributed by atoms with Crippen molar-refractivity contribution in [1.82, 2.24) is 14.9 Å². The standard InChI is InChI=1S/C14H13N5/c1-19(2)10-18-13-8-16-14(17-9-13)12-5-3-11(7-15)4-6-12/h3-6,8-10H,1-2H3. The molecule has 0 N–H and O–H groups in total. The van der Waals surface area contributed by atoms with Gasteiger partial charge in [0.1, 0.15) is 5.69 Å². The molecular weight excluding hydrogens is 238 g/mol. The molecule has 5 heteroatoms. The molecule has 94 valence electrons. The zero-order valence-corrected chi connectivity index (χ0v) is 10.8. The minimum absolute atomic E-state index is 0.619. The number of aromatic nitrogens is 2. The Bertz CT molecular complexity index is 606. The molecule has 19 heavy (non-hydrogen) atoms. The van der Waals surface area contributed by atoms with Gasteiger partial charge in [0, 0.05) is 19.7 Å². The Morgan fingerprint density at radius 2 is 1.79 bits per heavy atom. The first-order valence-corrected chi connectivity index (χ1v) is 5.72. The van der Waals surface area contributed by atoms with Crippen molar-refractivity contribution in [3.05, 3.63) is 42.2 Å². The maximum atomic E-state index is 8.74. The Morgan fingerprint density at radius 1 is 1.16 bits per heavy atom. The summed E-state index contributed by atoms with van der Waals surface area (Å²) in [6, 6.07) is 9.23. The van der Waals surface area contributed by atoms with E-state index in [2.05, 4.69) is 21.0 Å². The average molecular weight is 251 g/mol. The van der Waals surface area contributed by atoms with Gasteiger partial charge in [-0.15, -0.1) is 0 Å². The van der Waals surface area contributed by atoms with E-state index >= 15 is 0 Å². The average Bonchev–Trinajstić information content (AvgIpc) is 2.46. The van der Waals surface area contributed by atoms with Gasteiger partial charge >= 0.3 is 0 Å². The molecule has 0 atom stereocenters. The third-order valence-electron chi connectivity index (χ3n) is 2.35. The highest BCUT2D eigenvalue weighted by Crippen LogP contribution is 2.17. The molecule has 0 unspecified atom stereocenters. The molecule has 0 aliphatic carbocycles. The van der Waals surface area contributed by atoms with Crippen molar-refractivity contribution in [1.29, 1.82) is 5.26 Å². The van der Waals surface area contributed by atoms with Crippen molar-refractivity contribution in [2.75, 3.05) is 14.1 Å². The van der Waals surface area contributed by atoms with Crippen molar-refractivity contribution in [2.45, 2.75) is 0 Å². The number of benzene rings is 1. The minimum atomic E-state index is 0.619. The topological polar surface area (TPSA) is 65.2 Å². The maximum Gasteiger partial charge on any atom is 0.159 e. The Hall–Kier alpha value is -2.74. The van der Waals surface area contributed by atoms with Gasteiger partial charge in [-0.3, -0.25) is 0 Å². The third-order valence-corrected chi connectivity index (χ3v) is 2.35. The summed E-state index contributed by atoms with van der Waals surface area (Å²) in [5.41, 5.74) is 2.20. The van der Waals surface area contributed by atoms with Gasteiger partial charge in [0.2, 0.25) is 0 Å². The molecule has 0 saturated heterocycles. The summed E-state index contributed by atoms with van der Waals surface area (Å²) in [6.45, 7) is 0. The molecule has 0 bridgehead atoms. The summed E-state index contributed by atoms with van der Waals surface area (Å²) < 4.78 is 0. The van der Waals surface area contributed by atoms with E-state index in [1.807, 2.05) is 31.1 Å². The molecule has 0 aliphatic heterocycles. The van der Waals surface area contributed by atoms with Crippen LogP contribution in [0.15, 0.2) is 41.7 Å². The fourth-order valence-corrected chi connectivity index (χ4v) is 1.41. The molecule has 2 rings (SSSR count). The number of rotatable bonds is 3. The van der Waals surface area contributed by atoms with E-state index in [1.165, 1.54) is 0 Å². The van der Waals surface area contributed by atoms with Crippen LogP contribution in [-0.2, 0) is 0 Å². The van der Waals surface area contributed by atoms with Crippen molar-refractivity contribution in [2.24, 2.45) is 4.99 Å². The number of nitriles is 1. The number of nitrogens with zero attached hydrogens (tertiary/aromatic N) is 5. The molecule has 5 nitrogen and oxygen atoms in total. The summed E-state index contributed by atoms with van der Waals surface area (Å²) in [5.74, 6) is 0.619. The predicted octanol–water partition coefficient (Wildman–Crippen LogP) is 2.24. The summed E-state index contributed by atoms with van der Waals surface area (Å²) in [4.78, 5) is 14.6. The molecule has 0 aliphatic rings. The first kappa shape index (κ1) is 12.7. The maximum absolute atomic E-state index is 8.74. The summed E-state index contributed by atoms with van der Waals surface area (Å²) in [6.07, 6.45) is 5.03. The molecule has 0 amide bonds. The van der Waals surface area contributed by atoms with Crippen LogP contribution in [0.3, 0.4) is 0 Å². The lowest BCUT2D eigenvalue weighted by Crippen LogP contribution is -2.07. The number of hydrogen-bond acceptors (Lipinski definition) is 4. The van der Waals surface area contributed by atoms with Crippen LogP contribution in [0.1, 0.15) is 5.56 Å². The fraction of sp³-hybridized carbons (Fsp3) is 0.143. The van der Waals surface area contributed by atoms with Crippen molar-refractivity contribution in [3.63, 3.8) is 0 Å². The van der Waals surface area contributed by atoms with Gasteiger partial charge in [-0.25, -0.2) is 15.0 Å². The highest BCUT2D eigenvalue weighted by atomic mass is 15.1. The first-order valence-electron chi connectivity index (χ1n) is 5.72. The monoisotopic (exact) mass is 251 g/mol. The molecule has 1 aromatic carbocycles. The molecule has 0 spiro atoms. The van der Waals surface area contributed by atoms with E-state index in [0.717, 1.165) is 5.56 Å². The van der Waals surface area contributed by atoms with E-state index < -0.39 is 0 Å². The van der Waals surface area contributed by atoms with Crippen molar-refractivity contribution in [3.8, 4) is 17.5 Å². The van der Waals surface area contributed by atoms with Crippen LogP contribution in [0.2, 0.25) is 0 Å². The lowest BCUT2D eigenvalue weighted by atomic mass is 10.1. The van der Waals surface area contributed by atoms with Crippen LogP contribution < -0.4 is 0 Å². The molecule has 2 aromatic rings. The molecule has 1 aromatic heterocycles. The van der Waals surface area contributed by atoms with Gasteiger partial charge in [0.25, 0.3) is 0 Å². The van der Waals surface area contributed by atoms with E-state index in [9.17, 15) is 0 Å². The lowest BCUT2D eigenvalue weighted by Gasteiger charge is -2.03. The van der Waals surface area contributed by atoms with Gasteiger partial charge < -0.3 is 4.90 Å². The lowest BCUT2D eigenvalue weighted by molar-refractivity contribution is 0.643. The zero-order valence-electron chi connectivity index (χ0n) is 10.8. The molecule has 1 heterocycles. The van der Waals surface area contributed by atoms with Gasteiger partial charge in [0.15, 0.2) is 5.82 Å². The summed E-state index contributed by atoms with van der Waals surface area (Å²) >= 11 is 0. The largest absolute Gasteiger partial charge is 0.369 e. The highest BCUT2D eigenvalue weighted by molar-refractivity contribution is 5.61. The van der Waals surface area contributed by atoms with Crippen LogP contribution >= 0.6 is 0 Å². The Labute approximate surface area is 111 Å². The smallest absolute Gasteiger partial charge is 0.159 e. The number of hydrogen-bond donors (Lipinski definition) is 0. The van der Waals surface area contributed by atoms with Crippen LogP contribution in [0.5, 0.6) is 0 Å². The van der Waals surface area contributed by atoms with Gasteiger partial charge in [-0.1, -0.05) is 0 Å². The van der Waals surface area contributed by atoms with E-state index in [4.69, 9.17) is 5.26 Å². The molecular formula is C14H13N5. The van der Waals surface area contributed by atoms with Gasteiger partial charge in [-0.2, -0.15) is 5.26 Å². The minimum Gasteiger partial charge on any atom is -0.369 e. The molecule has 0 saturated carbocycles. The van der Waals surface area contributed by atoms with E-state index in [-0.39, 0.29) is 0 Å². The number of aliphatic imine (C=N–C) groups is 1. The normalized spacial score (nSPS) is 10.4. The highest BCUT2D eigenvalue weighted by Gasteiger charge is 2.01. The van der Waals surface area contributed by atoms with Gasteiger partial charge in [-0.05, 0) is 24.3 Å². The van der Waals surface area contributed by atoms with Crippen LogP contribution in [-0.4, -0.2) is 35.3 Å². The summed E-state index contributed by atoms with van der Waals surface area (Å²) in [7, 11) is 3.80. The zero-order chi connectivity index (χ0) is 13.7. The first-order chi connectivity index (χ1) is 9.19. The van der Waals surface area contributed by atoms with Crippen molar-refractivity contribution < 1.29 is 0 Å². The van der Waals surface area contributed by atoms with Crippen LogP contribution in [0, 0.1) is 11.3 Å². The fourth-order valence-electron chi connectivity index (χ4n) is 1.41. The Kier molecular flexibility index (Phi) is 3.84. The second-order valence-corrected chi connectivity index (χ2v) is 4.16. The molecule has 0 fully saturated rings. The second kappa shape index (κ2) is 5.74. The Balaban J connectivity index is 2.20. The van der Waals surface area contributed by atoms with E-state index in [0.29, 0.717) is 17.1 Å². The third kappa shape index (κ3) is 3.36. The molecule has 0 radical (unpaired) electrons. The second-order valence-electron chi connectivity index (χ2n) is 4.16. The SMILES string of the molecule is CN(C)C=Nc1cnc(-c2ccc(C#N)cc2)nc1. The predicted molar refractivity (Wildman–Crippen MR) is 74.0 cm³/mol. The van der Waals surface area contributed by atoms with Crippen LogP contribution in [0.4, 0.5) is 5.69 Å². The Morgan fingerprint density at radius 3 is 2.32 bits per heavy atom. The quantitative estimate of drug-likeness (QED) is 0.620. The summed E-state index contributed by atoms with van der Waals surface area (Å²) in [5, 5.41) is 8.74. The van der Waals surface area contributed by atoms with Crippen LogP contribution in [0.25, 0.3) is 11.4 Å². The van der Waals surface area contributed by atoms with Gasteiger partial charge in [0.05, 0.1) is 30.4 Å². The van der Waals surface area contributed by atoms with Crippen molar-refractivity contribution >= 4 is 12.0 Å². The van der Waals surface area contributed by atoms with E-state index in [1.54, 1.807) is 30.9 Å².